The second-order valence-corrected chi connectivity index (χ2v) is 4.77. The molecule has 0 unspecified atom stereocenters. The van der Waals surface area contributed by atoms with Crippen LogP contribution in [0.2, 0.25) is 0 Å². The number of para-hydroxylation sites is 1. The van der Waals surface area contributed by atoms with Crippen LogP contribution in [0.25, 0.3) is 22.4 Å². The molecule has 1 saturated heterocycles. The van der Waals surface area contributed by atoms with E-state index < -0.39 is 0 Å². The largest absolute Gasteiger partial charge is 0.381 e. The van der Waals surface area contributed by atoms with Crippen LogP contribution in [-0.4, -0.2) is 28.3 Å². The Kier molecular flexibility index (Phi) is 2.38. The predicted octanol–water partition coefficient (Wildman–Crippen LogP) is 2.72. The van der Waals surface area contributed by atoms with Crippen LogP contribution in [0.3, 0.4) is 0 Å². The minimum Gasteiger partial charge on any atom is -0.381 e. The molecule has 5 heteroatoms. The molecule has 0 radical (unpaired) electrons. The number of hydrogen-bond acceptors (Lipinski definition) is 4. The zero-order valence-electron chi connectivity index (χ0n) is 10.3. The normalized spacial score (nSPS) is 19.3. The molecule has 0 amide bonds. The van der Waals surface area contributed by atoms with Gasteiger partial charge in [-0.15, -0.1) is 0 Å². The van der Waals surface area contributed by atoms with Gasteiger partial charge in [0.1, 0.15) is 0 Å². The summed E-state index contributed by atoms with van der Waals surface area (Å²) < 4.78 is 10.8. The highest BCUT2D eigenvalue weighted by Crippen LogP contribution is 2.29. The van der Waals surface area contributed by atoms with E-state index in [4.69, 9.17) is 9.26 Å². The first-order valence-corrected chi connectivity index (χ1v) is 6.39. The topological polar surface area (TPSA) is 63.9 Å². The minimum atomic E-state index is 0.264. The first kappa shape index (κ1) is 10.8. The number of hydrogen-bond donors (Lipinski definition) is 1. The molecule has 1 atom stereocenters. The van der Waals surface area contributed by atoms with Crippen LogP contribution >= 0.6 is 0 Å². The van der Waals surface area contributed by atoms with E-state index in [1.807, 2.05) is 24.4 Å². The van der Waals surface area contributed by atoms with Gasteiger partial charge in [-0.25, -0.2) is 0 Å². The molecule has 3 aromatic rings. The standard InChI is InChI=1S/C14H13N3O2/c1-2-9-4-6-15-12(9)11(3-1)14-16-13(17-19-14)10-5-7-18-8-10/h1-4,6,10,15H,5,7-8H2/t10-/m0/s1. The average Bonchev–Trinajstić information content (AvgIpc) is 3.18. The van der Waals surface area contributed by atoms with E-state index in [1.165, 1.54) is 0 Å². The molecule has 2 aromatic heterocycles. The summed E-state index contributed by atoms with van der Waals surface area (Å²) in [5, 5.41) is 5.23. The van der Waals surface area contributed by atoms with E-state index in [2.05, 4.69) is 21.2 Å². The minimum absolute atomic E-state index is 0.264. The molecule has 0 bridgehead atoms. The van der Waals surface area contributed by atoms with Gasteiger partial charge in [0.2, 0.25) is 0 Å². The van der Waals surface area contributed by atoms with Gasteiger partial charge in [-0.2, -0.15) is 4.98 Å². The number of ether oxygens (including phenoxy) is 1. The smallest absolute Gasteiger partial charge is 0.260 e. The van der Waals surface area contributed by atoms with Gasteiger partial charge >= 0.3 is 0 Å². The highest BCUT2D eigenvalue weighted by Gasteiger charge is 2.23. The first-order valence-electron chi connectivity index (χ1n) is 6.39. The molecule has 1 N–H and O–H groups in total. The lowest BCUT2D eigenvalue weighted by Crippen LogP contribution is -1.99. The van der Waals surface area contributed by atoms with Gasteiger partial charge in [-0.1, -0.05) is 17.3 Å². The summed E-state index contributed by atoms with van der Waals surface area (Å²) in [5.41, 5.74) is 1.97. The number of H-pyrrole nitrogens is 1. The Morgan fingerprint density at radius 3 is 3.16 bits per heavy atom. The quantitative estimate of drug-likeness (QED) is 0.764. The third-order valence-electron chi connectivity index (χ3n) is 3.55. The van der Waals surface area contributed by atoms with Crippen LogP contribution in [0.4, 0.5) is 0 Å². The van der Waals surface area contributed by atoms with Crippen LogP contribution in [-0.2, 0) is 4.74 Å². The summed E-state index contributed by atoms with van der Waals surface area (Å²) in [6.45, 7) is 1.46. The van der Waals surface area contributed by atoms with E-state index in [9.17, 15) is 0 Å². The molecule has 1 fully saturated rings. The fraction of sp³-hybridized carbons (Fsp3) is 0.286. The van der Waals surface area contributed by atoms with Gasteiger partial charge in [0.25, 0.3) is 5.89 Å². The highest BCUT2D eigenvalue weighted by molar-refractivity contribution is 5.91. The van der Waals surface area contributed by atoms with Crippen LogP contribution in [0.5, 0.6) is 0 Å². The number of rotatable bonds is 2. The number of benzene rings is 1. The third kappa shape index (κ3) is 1.74. The van der Waals surface area contributed by atoms with Crippen molar-refractivity contribution in [3.63, 3.8) is 0 Å². The Balaban J connectivity index is 1.77. The molecule has 0 spiro atoms. The van der Waals surface area contributed by atoms with Crippen molar-refractivity contribution >= 4 is 10.9 Å². The van der Waals surface area contributed by atoms with E-state index in [0.29, 0.717) is 12.5 Å². The maximum atomic E-state index is 5.40. The summed E-state index contributed by atoms with van der Waals surface area (Å²) in [5.74, 6) is 1.58. The van der Waals surface area contributed by atoms with Crippen LogP contribution in [0.1, 0.15) is 18.2 Å². The lowest BCUT2D eigenvalue weighted by Gasteiger charge is -1.98. The molecule has 4 rings (SSSR count). The molecule has 19 heavy (non-hydrogen) atoms. The van der Waals surface area contributed by atoms with Crippen molar-refractivity contribution in [1.29, 1.82) is 0 Å². The summed E-state index contributed by atoms with van der Waals surface area (Å²) in [4.78, 5) is 7.73. The van der Waals surface area contributed by atoms with Crippen LogP contribution in [0.15, 0.2) is 35.0 Å². The molecule has 1 aliphatic heterocycles. The zero-order chi connectivity index (χ0) is 12.7. The molecule has 0 saturated carbocycles. The van der Waals surface area contributed by atoms with Crippen molar-refractivity contribution in [2.45, 2.75) is 12.3 Å². The van der Waals surface area contributed by atoms with Crippen molar-refractivity contribution in [2.75, 3.05) is 13.2 Å². The van der Waals surface area contributed by atoms with Gasteiger partial charge in [0, 0.05) is 24.1 Å². The van der Waals surface area contributed by atoms with Crippen molar-refractivity contribution in [1.82, 2.24) is 15.1 Å². The zero-order valence-corrected chi connectivity index (χ0v) is 10.3. The number of nitrogens with one attached hydrogen (secondary N) is 1. The molecule has 96 valence electrons. The Bertz CT molecular complexity index is 710. The van der Waals surface area contributed by atoms with Gasteiger partial charge in [-0.05, 0) is 18.6 Å². The van der Waals surface area contributed by atoms with E-state index in [1.54, 1.807) is 0 Å². The molecule has 1 aliphatic rings. The van der Waals surface area contributed by atoms with Gasteiger partial charge in [-0.3, -0.25) is 0 Å². The fourth-order valence-corrected chi connectivity index (χ4v) is 2.51. The third-order valence-corrected chi connectivity index (χ3v) is 3.55. The maximum Gasteiger partial charge on any atom is 0.260 e. The molecule has 0 aliphatic carbocycles. The molecule has 3 heterocycles. The summed E-state index contributed by atoms with van der Waals surface area (Å²) in [6, 6.07) is 8.06. The lowest BCUT2D eigenvalue weighted by atomic mass is 10.1. The molecule has 1 aromatic carbocycles. The molecular formula is C14H13N3O2. The van der Waals surface area contributed by atoms with Crippen LogP contribution in [0, 0.1) is 0 Å². The summed E-state index contributed by atoms with van der Waals surface area (Å²) in [7, 11) is 0. The average molecular weight is 255 g/mol. The Labute approximate surface area is 109 Å². The maximum absolute atomic E-state index is 5.40. The second kappa shape index (κ2) is 4.20. The van der Waals surface area contributed by atoms with E-state index in [0.717, 1.165) is 35.3 Å². The van der Waals surface area contributed by atoms with Crippen molar-refractivity contribution in [2.24, 2.45) is 0 Å². The van der Waals surface area contributed by atoms with E-state index >= 15 is 0 Å². The van der Waals surface area contributed by atoms with Crippen LogP contribution < -0.4 is 0 Å². The number of aromatic nitrogens is 3. The van der Waals surface area contributed by atoms with Crippen molar-refractivity contribution in [3.8, 4) is 11.5 Å². The Hall–Kier alpha value is -2.14. The SMILES string of the molecule is c1cc(-c2nc([C@H]3CCOC3)no2)c2[nH]ccc2c1. The number of nitrogens with zero attached hydrogens (tertiary/aromatic N) is 2. The predicted molar refractivity (Wildman–Crippen MR) is 69.8 cm³/mol. The summed E-state index contributed by atoms with van der Waals surface area (Å²) in [6.07, 6.45) is 2.88. The van der Waals surface area contributed by atoms with Crippen molar-refractivity contribution in [3.05, 3.63) is 36.3 Å². The van der Waals surface area contributed by atoms with Gasteiger partial charge in [0.15, 0.2) is 5.82 Å². The second-order valence-electron chi connectivity index (χ2n) is 4.77. The number of aromatic amines is 1. The summed E-state index contributed by atoms with van der Waals surface area (Å²) >= 11 is 0. The van der Waals surface area contributed by atoms with Gasteiger partial charge in [0.05, 0.1) is 17.7 Å². The fourth-order valence-electron chi connectivity index (χ4n) is 2.51. The molecular weight excluding hydrogens is 242 g/mol. The highest BCUT2D eigenvalue weighted by atomic mass is 16.5. The Morgan fingerprint density at radius 2 is 2.26 bits per heavy atom. The number of fused-ring (bicyclic) bond motifs is 1. The van der Waals surface area contributed by atoms with Crippen molar-refractivity contribution < 1.29 is 9.26 Å². The van der Waals surface area contributed by atoms with E-state index in [-0.39, 0.29) is 5.92 Å². The Morgan fingerprint density at radius 1 is 1.26 bits per heavy atom. The van der Waals surface area contributed by atoms with Gasteiger partial charge < -0.3 is 14.2 Å². The monoisotopic (exact) mass is 255 g/mol. The first-order chi connectivity index (χ1) is 9.42. The lowest BCUT2D eigenvalue weighted by molar-refractivity contribution is 0.192. The molecule has 5 nitrogen and oxygen atoms in total.